The smallest absolute Gasteiger partial charge is 0.236 e. The lowest BCUT2D eigenvalue weighted by atomic mass is 10.2. The summed E-state index contributed by atoms with van der Waals surface area (Å²) in [5, 5.41) is 3.26. The molecule has 0 aromatic heterocycles. The third kappa shape index (κ3) is 6.61. The maximum absolute atomic E-state index is 12.8. The Bertz CT molecular complexity index is 425. The van der Waals surface area contributed by atoms with Crippen LogP contribution in [-0.4, -0.2) is 55.5 Å². The van der Waals surface area contributed by atoms with Gasteiger partial charge in [0.2, 0.25) is 5.91 Å². The highest BCUT2D eigenvalue weighted by Crippen LogP contribution is 2.06. The van der Waals surface area contributed by atoms with Gasteiger partial charge in [-0.05, 0) is 17.7 Å². The third-order valence-corrected chi connectivity index (χ3v) is 3.33. The minimum atomic E-state index is -0.251. The molecule has 1 saturated heterocycles. The van der Waals surface area contributed by atoms with E-state index in [2.05, 4.69) is 10.2 Å². The Hall–Kier alpha value is -0.880. The Morgan fingerprint density at radius 3 is 2.38 bits per heavy atom. The zero-order chi connectivity index (χ0) is 13.7. The van der Waals surface area contributed by atoms with Crippen LogP contribution in [0.3, 0.4) is 0 Å². The van der Waals surface area contributed by atoms with Crippen molar-refractivity contribution in [3.8, 4) is 0 Å². The second kappa shape index (κ2) is 9.95. The maximum Gasteiger partial charge on any atom is 0.236 e. The highest BCUT2D eigenvalue weighted by Gasteiger charge is 2.16. The SMILES string of the molecule is CN(Cc1ccc(F)cc1)C(=O)CN1CCNCC1.Cl.Cl. The molecule has 21 heavy (non-hydrogen) atoms. The summed E-state index contributed by atoms with van der Waals surface area (Å²) < 4.78 is 12.8. The first-order chi connectivity index (χ1) is 9.15. The van der Waals surface area contributed by atoms with E-state index in [0.717, 1.165) is 31.7 Å². The predicted molar refractivity (Wildman–Crippen MR) is 86.7 cm³/mol. The molecule has 1 N–H and O–H groups in total. The van der Waals surface area contributed by atoms with Crippen molar-refractivity contribution in [3.05, 3.63) is 35.6 Å². The molecule has 0 spiro atoms. The van der Waals surface area contributed by atoms with Crippen LogP contribution in [-0.2, 0) is 11.3 Å². The van der Waals surface area contributed by atoms with Crippen LogP contribution < -0.4 is 5.32 Å². The van der Waals surface area contributed by atoms with E-state index in [1.165, 1.54) is 12.1 Å². The van der Waals surface area contributed by atoms with Crippen LogP contribution in [0.2, 0.25) is 0 Å². The molecule has 1 aromatic rings. The first-order valence-electron chi connectivity index (χ1n) is 6.56. The summed E-state index contributed by atoms with van der Waals surface area (Å²) in [5.74, 6) is -0.148. The summed E-state index contributed by atoms with van der Waals surface area (Å²) in [6, 6.07) is 6.27. The predicted octanol–water partition coefficient (Wildman–Crippen LogP) is 1.53. The van der Waals surface area contributed by atoms with Gasteiger partial charge in [-0.15, -0.1) is 24.8 Å². The molecule has 2 rings (SSSR count). The molecule has 1 heterocycles. The average molecular weight is 338 g/mol. The second-order valence-corrected chi connectivity index (χ2v) is 4.90. The minimum absolute atomic E-state index is 0. The zero-order valence-electron chi connectivity index (χ0n) is 12.0. The molecule has 0 aliphatic carbocycles. The molecule has 1 amide bonds. The molecular weight excluding hydrogens is 316 g/mol. The number of carbonyl (C=O) groups is 1. The molecule has 0 atom stereocenters. The van der Waals surface area contributed by atoms with Gasteiger partial charge in [-0.25, -0.2) is 4.39 Å². The number of hydrogen-bond acceptors (Lipinski definition) is 3. The van der Waals surface area contributed by atoms with E-state index < -0.39 is 0 Å². The molecule has 1 aliphatic rings. The number of amides is 1. The lowest BCUT2D eigenvalue weighted by Crippen LogP contribution is -2.47. The highest BCUT2D eigenvalue weighted by molar-refractivity contribution is 5.85. The van der Waals surface area contributed by atoms with Gasteiger partial charge in [-0.3, -0.25) is 9.69 Å². The number of likely N-dealkylation sites (N-methyl/N-ethyl adjacent to an activating group) is 1. The Kier molecular flexibility index (Phi) is 9.53. The fourth-order valence-electron chi connectivity index (χ4n) is 2.13. The molecule has 1 aliphatic heterocycles. The average Bonchev–Trinajstić information content (AvgIpc) is 2.42. The Morgan fingerprint density at radius 2 is 1.81 bits per heavy atom. The van der Waals surface area contributed by atoms with E-state index in [0.29, 0.717) is 13.1 Å². The summed E-state index contributed by atoms with van der Waals surface area (Å²) in [6.07, 6.45) is 0. The van der Waals surface area contributed by atoms with Gasteiger partial charge in [-0.2, -0.15) is 0 Å². The summed E-state index contributed by atoms with van der Waals surface area (Å²) in [6.45, 7) is 4.68. The van der Waals surface area contributed by atoms with Crippen molar-refractivity contribution in [1.82, 2.24) is 15.1 Å². The molecule has 0 radical (unpaired) electrons. The normalized spacial score (nSPS) is 14.8. The largest absolute Gasteiger partial charge is 0.340 e. The van der Waals surface area contributed by atoms with Crippen molar-refractivity contribution in [3.63, 3.8) is 0 Å². The molecule has 0 saturated carbocycles. The summed E-state index contributed by atoms with van der Waals surface area (Å²) in [4.78, 5) is 15.9. The number of nitrogens with zero attached hydrogens (tertiary/aromatic N) is 2. The van der Waals surface area contributed by atoms with E-state index in [1.54, 1.807) is 24.1 Å². The summed E-state index contributed by atoms with van der Waals surface area (Å²) in [5.41, 5.74) is 0.942. The maximum atomic E-state index is 12.8. The molecule has 7 heteroatoms. The Morgan fingerprint density at radius 1 is 1.24 bits per heavy atom. The van der Waals surface area contributed by atoms with Crippen LogP contribution in [0.25, 0.3) is 0 Å². The van der Waals surface area contributed by atoms with E-state index in [-0.39, 0.29) is 36.5 Å². The monoisotopic (exact) mass is 337 g/mol. The zero-order valence-corrected chi connectivity index (χ0v) is 13.7. The molecule has 1 fully saturated rings. The molecule has 0 bridgehead atoms. The molecular formula is C14H22Cl2FN3O. The molecule has 120 valence electrons. The number of hydrogen-bond donors (Lipinski definition) is 1. The van der Waals surface area contributed by atoms with Gasteiger partial charge in [0.25, 0.3) is 0 Å². The van der Waals surface area contributed by atoms with Gasteiger partial charge in [0.05, 0.1) is 6.54 Å². The fourth-order valence-corrected chi connectivity index (χ4v) is 2.13. The topological polar surface area (TPSA) is 35.6 Å². The minimum Gasteiger partial charge on any atom is -0.340 e. The van der Waals surface area contributed by atoms with Crippen molar-refractivity contribution in [2.45, 2.75) is 6.54 Å². The Labute approximate surface area is 137 Å². The number of piperazine rings is 1. The van der Waals surface area contributed by atoms with Crippen LogP contribution in [0, 0.1) is 5.82 Å². The van der Waals surface area contributed by atoms with Crippen molar-refractivity contribution in [1.29, 1.82) is 0 Å². The molecule has 1 aromatic carbocycles. The van der Waals surface area contributed by atoms with Crippen molar-refractivity contribution in [2.75, 3.05) is 39.8 Å². The number of carbonyl (C=O) groups excluding carboxylic acids is 1. The van der Waals surface area contributed by atoms with E-state index in [9.17, 15) is 9.18 Å². The highest BCUT2D eigenvalue weighted by atomic mass is 35.5. The van der Waals surface area contributed by atoms with Crippen LogP contribution in [0.15, 0.2) is 24.3 Å². The lowest BCUT2D eigenvalue weighted by Gasteiger charge is -2.28. The number of rotatable bonds is 4. The first kappa shape index (κ1) is 20.1. The van der Waals surface area contributed by atoms with E-state index in [4.69, 9.17) is 0 Å². The van der Waals surface area contributed by atoms with Gasteiger partial charge in [-0.1, -0.05) is 12.1 Å². The van der Waals surface area contributed by atoms with Gasteiger partial charge >= 0.3 is 0 Å². The van der Waals surface area contributed by atoms with Gasteiger partial charge in [0.1, 0.15) is 5.82 Å². The standard InChI is InChI=1S/C14H20FN3O.2ClH/c1-17(10-12-2-4-13(15)5-3-12)14(19)11-18-8-6-16-7-9-18;;/h2-5,16H,6-11H2,1H3;2*1H. The van der Waals surface area contributed by atoms with Crippen LogP contribution in [0.4, 0.5) is 4.39 Å². The van der Waals surface area contributed by atoms with E-state index >= 15 is 0 Å². The number of nitrogens with one attached hydrogen (secondary N) is 1. The van der Waals surface area contributed by atoms with Gasteiger partial charge < -0.3 is 10.2 Å². The Balaban J connectivity index is 0.00000200. The quantitative estimate of drug-likeness (QED) is 0.905. The molecule has 0 unspecified atom stereocenters. The summed E-state index contributed by atoms with van der Waals surface area (Å²) in [7, 11) is 1.79. The van der Waals surface area contributed by atoms with E-state index in [1.807, 2.05) is 0 Å². The van der Waals surface area contributed by atoms with Crippen LogP contribution >= 0.6 is 24.8 Å². The second-order valence-electron chi connectivity index (χ2n) is 4.90. The van der Waals surface area contributed by atoms with Crippen LogP contribution in [0.5, 0.6) is 0 Å². The lowest BCUT2D eigenvalue weighted by molar-refractivity contribution is -0.131. The molecule has 4 nitrogen and oxygen atoms in total. The van der Waals surface area contributed by atoms with Crippen LogP contribution in [0.1, 0.15) is 5.56 Å². The van der Waals surface area contributed by atoms with Crippen molar-refractivity contribution >= 4 is 30.7 Å². The number of halogens is 3. The number of benzene rings is 1. The third-order valence-electron chi connectivity index (χ3n) is 3.33. The fraction of sp³-hybridized carbons (Fsp3) is 0.500. The van der Waals surface area contributed by atoms with Crippen molar-refractivity contribution < 1.29 is 9.18 Å². The van der Waals surface area contributed by atoms with Gasteiger partial charge in [0, 0.05) is 39.8 Å². The van der Waals surface area contributed by atoms with Gasteiger partial charge in [0.15, 0.2) is 0 Å². The van der Waals surface area contributed by atoms with Crippen molar-refractivity contribution in [2.24, 2.45) is 0 Å². The first-order valence-corrected chi connectivity index (χ1v) is 6.56. The summed E-state index contributed by atoms with van der Waals surface area (Å²) >= 11 is 0.